The van der Waals surface area contributed by atoms with Crippen molar-refractivity contribution in [2.75, 3.05) is 20.3 Å². The summed E-state index contributed by atoms with van der Waals surface area (Å²) in [6, 6.07) is 5.71. The highest BCUT2D eigenvalue weighted by molar-refractivity contribution is 5.82. The maximum atomic E-state index is 12.0. The molecule has 0 aromatic heterocycles. The van der Waals surface area contributed by atoms with Crippen molar-refractivity contribution in [1.82, 2.24) is 10.6 Å². The van der Waals surface area contributed by atoms with Gasteiger partial charge in [0.05, 0.1) is 19.8 Å². The summed E-state index contributed by atoms with van der Waals surface area (Å²) >= 11 is 0. The van der Waals surface area contributed by atoms with Crippen LogP contribution in [0.1, 0.15) is 31.7 Å². The van der Waals surface area contributed by atoms with Gasteiger partial charge in [0.15, 0.2) is 11.5 Å². The van der Waals surface area contributed by atoms with E-state index in [1.807, 2.05) is 18.2 Å². The highest BCUT2D eigenvalue weighted by Gasteiger charge is 2.21. The minimum atomic E-state index is -0.0425. The first kappa shape index (κ1) is 15.6. The second-order valence-corrected chi connectivity index (χ2v) is 5.20. The Morgan fingerprint density at radius 1 is 1.43 bits per heavy atom. The molecule has 0 bridgehead atoms. The molecule has 2 rings (SSSR count). The molecule has 0 saturated carbocycles. The van der Waals surface area contributed by atoms with Crippen LogP contribution in [0.4, 0.5) is 0 Å². The average Bonchev–Trinajstić information content (AvgIpc) is 3.05. The molecule has 116 valence electrons. The Hall–Kier alpha value is -1.75. The number of rotatable bonds is 7. The Labute approximate surface area is 126 Å². The fourth-order valence-electron chi connectivity index (χ4n) is 2.37. The Morgan fingerprint density at radius 2 is 2.29 bits per heavy atom. The van der Waals surface area contributed by atoms with E-state index in [0.717, 1.165) is 37.1 Å². The van der Waals surface area contributed by atoms with Crippen LogP contribution in [0.3, 0.4) is 0 Å². The Morgan fingerprint density at radius 3 is 2.95 bits per heavy atom. The molecule has 5 nitrogen and oxygen atoms in total. The number of methoxy groups -OCH3 is 1. The number of carbonyl (C=O) groups is 1. The lowest BCUT2D eigenvalue weighted by Gasteiger charge is -2.13. The third-order valence-electron chi connectivity index (χ3n) is 3.53. The van der Waals surface area contributed by atoms with Crippen molar-refractivity contribution in [3.63, 3.8) is 0 Å². The molecule has 1 unspecified atom stereocenters. The van der Waals surface area contributed by atoms with Gasteiger partial charge in [-0.15, -0.1) is 0 Å². The van der Waals surface area contributed by atoms with Crippen molar-refractivity contribution in [1.29, 1.82) is 0 Å². The van der Waals surface area contributed by atoms with Crippen LogP contribution >= 0.6 is 0 Å². The lowest BCUT2D eigenvalue weighted by atomic mass is 10.1. The summed E-state index contributed by atoms with van der Waals surface area (Å²) in [5.74, 6) is 1.51. The van der Waals surface area contributed by atoms with Gasteiger partial charge >= 0.3 is 0 Å². The van der Waals surface area contributed by atoms with Crippen LogP contribution in [0.5, 0.6) is 11.5 Å². The molecule has 0 radical (unpaired) electrons. The van der Waals surface area contributed by atoms with Crippen LogP contribution in [0.25, 0.3) is 0 Å². The van der Waals surface area contributed by atoms with Crippen LogP contribution in [0.2, 0.25) is 0 Å². The van der Waals surface area contributed by atoms with Crippen LogP contribution in [-0.2, 0) is 11.3 Å². The number of ether oxygens (including phenoxy) is 2. The van der Waals surface area contributed by atoms with Gasteiger partial charge < -0.3 is 20.1 Å². The summed E-state index contributed by atoms with van der Waals surface area (Å²) in [6.07, 6.45) is 2.93. The lowest BCUT2D eigenvalue weighted by Crippen LogP contribution is -2.39. The monoisotopic (exact) mass is 292 g/mol. The second-order valence-electron chi connectivity index (χ2n) is 5.20. The zero-order chi connectivity index (χ0) is 15.1. The largest absolute Gasteiger partial charge is 0.493 e. The van der Waals surface area contributed by atoms with Gasteiger partial charge in [-0.25, -0.2) is 0 Å². The molecule has 1 aromatic rings. The topological polar surface area (TPSA) is 59.6 Å². The van der Waals surface area contributed by atoms with E-state index in [9.17, 15) is 4.79 Å². The maximum Gasteiger partial charge on any atom is 0.237 e. The summed E-state index contributed by atoms with van der Waals surface area (Å²) in [5.41, 5.74) is 1.00. The molecule has 5 heteroatoms. The van der Waals surface area contributed by atoms with E-state index in [0.29, 0.717) is 18.9 Å². The van der Waals surface area contributed by atoms with Crippen LogP contribution in [0, 0.1) is 0 Å². The van der Waals surface area contributed by atoms with Gasteiger partial charge in [-0.1, -0.05) is 13.0 Å². The predicted molar refractivity (Wildman–Crippen MR) is 81.7 cm³/mol. The Kier molecular flexibility index (Phi) is 5.87. The van der Waals surface area contributed by atoms with Crippen molar-refractivity contribution in [2.45, 2.75) is 38.8 Å². The van der Waals surface area contributed by atoms with E-state index < -0.39 is 0 Å². The summed E-state index contributed by atoms with van der Waals surface area (Å²) < 4.78 is 11.0. The highest BCUT2D eigenvalue weighted by atomic mass is 16.5. The van der Waals surface area contributed by atoms with E-state index in [1.165, 1.54) is 0 Å². The first-order valence-corrected chi connectivity index (χ1v) is 7.55. The normalized spacial score (nSPS) is 17.5. The van der Waals surface area contributed by atoms with Gasteiger partial charge in [0.1, 0.15) is 0 Å². The van der Waals surface area contributed by atoms with Crippen molar-refractivity contribution < 1.29 is 14.3 Å². The molecular formula is C16H24N2O3. The smallest absolute Gasteiger partial charge is 0.237 e. The molecule has 1 heterocycles. The Bertz CT molecular complexity index is 471. The number of hydrogen-bond donors (Lipinski definition) is 2. The maximum absolute atomic E-state index is 12.0. The zero-order valence-corrected chi connectivity index (χ0v) is 12.8. The van der Waals surface area contributed by atoms with Crippen LogP contribution < -0.4 is 20.1 Å². The van der Waals surface area contributed by atoms with E-state index in [-0.39, 0.29) is 11.9 Å². The second kappa shape index (κ2) is 7.88. The van der Waals surface area contributed by atoms with Gasteiger partial charge in [-0.2, -0.15) is 0 Å². The molecule has 0 aliphatic carbocycles. The zero-order valence-electron chi connectivity index (χ0n) is 12.8. The van der Waals surface area contributed by atoms with E-state index in [1.54, 1.807) is 7.11 Å². The highest BCUT2D eigenvalue weighted by Crippen LogP contribution is 2.28. The number of nitrogens with one attached hydrogen (secondary N) is 2. The van der Waals surface area contributed by atoms with Gasteiger partial charge in [-0.05, 0) is 43.5 Å². The predicted octanol–water partition coefficient (Wildman–Crippen LogP) is 1.85. The SMILES string of the molecule is CCCOc1ccc(CNC(=O)C2CCCN2)cc1OC. The fraction of sp³-hybridized carbons (Fsp3) is 0.562. The molecule has 1 aliphatic heterocycles. The number of hydrogen-bond acceptors (Lipinski definition) is 4. The summed E-state index contributed by atoms with van der Waals surface area (Å²) in [4.78, 5) is 12.0. The average molecular weight is 292 g/mol. The standard InChI is InChI=1S/C16H24N2O3/c1-3-9-21-14-7-6-12(10-15(14)20-2)11-18-16(19)13-5-4-8-17-13/h6-7,10,13,17H,3-5,8-9,11H2,1-2H3,(H,18,19). The van der Waals surface area contributed by atoms with Gasteiger partial charge in [0.25, 0.3) is 0 Å². The van der Waals surface area contributed by atoms with Gasteiger partial charge in [-0.3, -0.25) is 4.79 Å². The number of amides is 1. The molecule has 1 aliphatic rings. The minimum absolute atomic E-state index is 0.0425. The molecule has 21 heavy (non-hydrogen) atoms. The van der Waals surface area contributed by atoms with E-state index in [4.69, 9.17) is 9.47 Å². The van der Waals surface area contributed by atoms with Gasteiger partial charge in [0, 0.05) is 6.54 Å². The van der Waals surface area contributed by atoms with Crippen molar-refractivity contribution in [3.8, 4) is 11.5 Å². The molecule has 1 amide bonds. The third kappa shape index (κ3) is 4.36. The first-order chi connectivity index (χ1) is 10.2. The lowest BCUT2D eigenvalue weighted by molar-refractivity contribution is -0.122. The number of benzene rings is 1. The molecule has 1 saturated heterocycles. The molecular weight excluding hydrogens is 268 g/mol. The molecule has 2 N–H and O–H groups in total. The molecule has 1 atom stereocenters. The Balaban J connectivity index is 1.92. The van der Waals surface area contributed by atoms with E-state index in [2.05, 4.69) is 17.6 Å². The molecule has 1 aromatic carbocycles. The molecule has 0 spiro atoms. The van der Waals surface area contributed by atoms with Crippen LogP contribution in [0.15, 0.2) is 18.2 Å². The quantitative estimate of drug-likeness (QED) is 0.805. The molecule has 1 fully saturated rings. The van der Waals surface area contributed by atoms with Crippen molar-refractivity contribution in [2.24, 2.45) is 0 Å². The fourth-order valence-corrected chi connectivity index (χ4v) is 2.37. The van der Waals surface area contributed by atoms with E-state index >= 15 is 0 Å². The van der Waals surface area contributed by atoms with Gasteiger partial charge in [0.2, 0.25) is 5.91 Å². The minimum Gasteiger partial charge on any atom is -0.493 e. The van der Waals surface area contributed by atoms with Crippen LogP contribution in [-0.4, -0.2) is 32.2 Å². The summed E-state index contributed by atoms with van der Waals surface area (Å²) in [7, 11) is 1.62. The third-order valence-corrected chi connectivity index (χ3v) is 3.53. The van der Waals surface area contributed by atoms with Crippen molar-refractivity contribution >= 4 is 5.91 Å². The number of carbonyl (C=O) groups excluding carboxylic acids is 1. The summed E-state index contributed by atoms with van der Waals surface area (Å²) in [5, 5.41) is 6.15. The van der Waals surface area contributed by atoms with Crippen molar-refractivity contribution in [3.05, 3.63) is 23.8 Å². The summed E-state index contributed by atoms with van der Waals surface area (Å²) in [6.45, 7) is 4.16. The first-order valence-electron chi connectivity index (χ1n) is 7.55.